The Bertz CT molecular complexity index is 764. The average Bonchev–Trinajstić information content (AvgIpc) is 3.10. The molecule has 6 nitrogen and oxygen atoms in total. The molecule has 3 rings (SSSR count). The second kappa shape index (κ2) is 8.93. The predicted octanol–water partition coefficient (Wildman–Crippen LogP) is 2.77. The Kier molecular flexibility index (Phi) is 6.60. The first-order valence-electron chi connectivity index (χ1n) is 9.77. The molecule has 0 amide bonds. The molecular weight excluding hydrogens is 362 g/mol. The first kappa shape index (κ1) is 20.0. The zero-order valence-corrected chi connectivity index (χ0v) is 17.0. The monoisotopic (exact) mass is 391 g/mol. The molecule has 2 fully saturated rings. The van der Waals surface area contributed by atoms with Crippen LogP contribution in [0.25, 0.3) is 0 Å². The molecule has 1 aromatic heterocycles. The van der Waals surface area contributed by atoms with Crippen LogP contribution >= 0.6 is 11.6 Å². The average molecular weight is 392 g/mol. The minimum atomic E-state index is -0.341. The molecule has 7 heteroatoms. The summed E-state index contributed by atoms with van der Waals surface area (Å²) in [6.45, 7) is 8.85. The highest BCUT2D eigenvalue weighted by Gasteiger charge is 2.23. The highest BCUT2D eigenvalue weighted by atomic mass is 35.5. The molecule has 1 saturated carbocycles. The van der Waals surface area contributed by atoms with Crippen molar-refractivity contribution in [1.29, 1.82) is 0 Å². The van der Waals surface area contributed by atoms with Crippen LogP contribution in [0.2, 0.25) is 5.02 Å². The Balaban J connectivity index is 1.56. The van der Waals surface area contributed by atoms with Gasteiger partial charge in [-0.1, -0.05) is 36.6 Å². The number of aromatic amines is 1. The number of H-pyrrole nitrogens is 1. The summed E-state index contributed by atoms with van der Waals surface area (Å²) in [5.41, 5.74) is 8.91. The molecule has 0 bridgehead atoms. The van der Waals surface area contributed by atoms with Gasteiger partial charge >= 0.3 is 0 Å². The van der Waals surface area contributed by atoms with Gasteiger partial charge in [0.25, 0.3) is 5.56 Å². The quantitative estimate of drug-likeness (QED) is 0.754. The molecule has 1 aromatic rings. The second-order valence-electron chi connectivity index (χ2n) is 7.91. The number of hydrogen-bond acceptors (Lipinski definition) is 5. The van der Waals surface area contributed by atoms with E-state index in [4.69, 9.17) is 17.3 Å². The Labute approximate surface area is 166 Å². The summed E-state index contributed by atoms with van der Waals surface area (Å²) in [6.07, 6.45) is 9.58. The normalized spacial score (nSPS) is 25.2. The van der Waals surface area contributed by atoms with Crippen molar-refractivity contribution in [2.24, 2.45) is 17.6 Å². The zero-order chi connectivity index (χ0) is 19.4. The Morgan fingerprint density at radius 3 is 2.74 bits per heavy atom. The van der Waals surface area contributed by atoms with E-state index >= 15 is 0 Å². The van der Waals surface area contributed by atoms with E-state index in [1.54, 1.807) is 12.4 Å². The summed E-state index contributed by atoms with van der Waals surface area (Å²) in [5, 5.41) is 6.44. The molecule has 0 radical (unpaired) electrons. The van der Waals surface area contributed by atoms with E-state index in [0.717, 1.165) is 38.6 Å². The van der Waals surface area contributed by atoms with Crippen LogP contribution in [-0.4, -0.2) is 47.8 Å². The third-order valence-electron chi connectivity index (χ3n) is 5.86. The van der Waals surface area contributed by atoms with Crippen LogP contribution in [0.5, 0.6) is 0 Å². The van der Waals surface area contributed by atoms with Crippen LogP contribution in [0.3, 0.4) is 0 Å². The van der Waals surface area contributed by atoms with Gasteiger partial charge in [-0.25, -0.2) is 5.10 Å². The van der Waals surface area contributed by atoms with Crippen LogP contribution in [0.15, 0.2) is 34.4 Å². The lowest BCUT2D eigenvalue weighted by Gasteiger charge is -2.36. The first-order valence-corrected chi connectivity index (χ1v) is 10.1. The van der Waals surface area contributed by atoms with Crippen molar-refractivity contribution in [3.05, 3.63) is 45.0 Å². The van der Waals surface area contributed by atoms with Crippen molar-refractivity contribution in [2.75, 3.05) is 37.6 Å². The number of rotatable bonds is 5. The fourth-order valence-electron chi connectivity index (χ4n) is 4.18. The van der Waals surface area contributed by atoms with E-state index in [2.05, 4.69) is 39.9 Å². The highest BCUT2D eigenvalue weighted by Crippen LogP contribution is 2.35. The van der Waals surface area contributed by atoms with E-state index in [9.17, 15) is 4.79 Å². The maximum absolute atomic E-state index is 11.6. The van der Waals surface area contributed by atoms with Crippen LogP contribution in [-0.2, 0) is 0 Å². The lowest BCUT2D eigenvalue weighted by molar-refractivity contribution is 0.279. The van der Waals surface area contributed by atoms with Gasteiger partial charge in [0.2, 0.25) is 0 Å². The highest BCUT2D eigenvalue weighted by molar-refractivity contribution is 6.32. The summed E-state index contributed by atoms with van der Waals surface area (Å²) in [7, 11) is 0. The lowest BCUT2D eigenvalue weighted by Crippen LogP contribution is -2.47. The number of nitrogens with zero attached hydrogens (tertiary/aromatic N) is 3. The van der Waals surface area contributed by atoms with E-state index < -0.39 is 0 Å². The van der Waals surface area contributed by atoms with Gasteiger partial charge in [-0.05, 0) is 43.4 Å². The number of allylic oxidation sites excluding steroid dienone is 1. The van der Waals surface area contributed by atoms with Crippen molar-refractivity contribution >= 4 is 17.3 Å². The predicted molar refractivity (Wildman–Crippen MR) is 111 cm³/mol. The molecule has 1 aliphatic heterocycles. The largest absolute Gasteiger partial charge is 0.404 e. The van der Waals surface area contributed by atoms with Gasteiger partial charge in [0, 0.05) is 32.7 Å². The van der Waals surface area contributed by atoms with Crippen LogP contribution in [0.1, 0.15) is 33.1 Å². The fourth-order valence-corrected chi connectivity index (χ4v) is 4.39. The van der Waals surface area contributed by atoms with Gasteiger partial charge in [-0.15, -0.1) is 0 Å². The van der Waals surface area contributed by atoms with Gasteiger partial charge < -0.3 is 10.6 Å². The molecule has 27 heavy (non-hydrogen) atoms. The Hall–Kier alpha value is -1.79. The van der Waals surface area contributed by atoms with Crippen LogP contribution in [0, 0.1) is 11.8 Å². The first-order chi connectivity index (χ1) is 13.0. The van der Waals surface area contributed by atoms with E-state index in [1.165, 1.54) is 30.4 Å². The second-order valence-corrected chi connectivity index (χ2v) is 8.28. The maximum atomic E-state index is 11.6. The summed E-state index contributed by atoms with van der Waals surface area (Å²) >= 11 is 6.13. The Morgan fingerprint density at radius 1 is 1.37 bits per heavy atom. The van der Waals surface area contributed by atoms with Gasteiger partial charge in [0.05, 0.1) is 11.9 Å². The molecule has 3 N–H and O–H groups in total. The maximum Gasteiger partial charge on any atom is 0.285 e. The van der Waals surface area contributed by atoms with Gasteiger partial charge in [-0.3, -0.25) is 9.69 Å². The SMILES string of the molecule is C/C(=C/C(=C\N)CN1CCN(c2cn[nH]c(=O)c2Cl)CC1)C1CC[C@@H](C)C1. The van der Waals surface area contributed by atoms with Crippen molar-refractivity contribution < 1.29 is 0 Å². The molecular formula is C20H30ClN5O. The number of hydrogen-bond donors (Lipinski definition) is 2. The van der Waals surface area contributed by atoms with E-state index in [-0.39, 0.29) is 10.6 Å². The number of nitrogens with one attached hydrogen (secondary N) is 1. The number of halogens is 1. The van der Waals surface area contributed by atoms with Crippen LogP contribution < -0.4 is 16.2 Å². The van der Waals surface area contributed by atoms with Crippen molar-refractivity contribution in [3.63, 3.8) is 0 Å². The van der Waals surface area contributed by atoms with Gasteiger partial charge in [-0.2, -0.15) is 5.10 Å². The summed E-state index contributed by atoms with van der Waals surface area (Å²) in [4.78, 5) is 16.2. The molecule has 2 atom stereocenters. The number of aromatic nitrogens is 2. The Morgan fingerprint density at radius 2 is 2.11 bits per heavy atom. The van der Waals surface area contributed by atoms with Gasteiger partial charge in [0.15, 0.2) is 0 Å². The minimum Gasteiger partial charge on any atom is -0.404 e. The topological polar surface area (TPSA) is 78.2 Å². The molecule has 1 saturated heterocycles. The smallest absolute Gasteiger partial charge is 0.285 e. The minimum absolute atomic E-state index is 0.213. The third kappa shape index (κ3) is 4.93. The summed E-state index contributed by atoms with van der Waals surface area (Å²) < 4.78 is 0. The lowest BCUT2D eigenvalue weighted by atomic mass is 9.96. The molecule has 1 aliphatic carbocycles. The molecule has 0 spiro atoms. The van der Waals surface area contributed by atoms with Crippen molar-refractivity contribution in [2.45, 2.75) is 33.1 Å². The molecule has 0 aromatic carbocycles. The van der Waals surface area contributed by atoms with E-state index in [1.807, 2.05) is 0 Å². The number of nitrogens with two attached hydrogens (primary N) is 1. The fraction of sp³-hybridized carbons (Fsp3) is 0.600. The van der Waals surface area contributed by atoms with Crippen molar-refractivity contribution in [1.82, 2.24) is 15.1 Å². The third-order valence-corrected chi connectivity index (χ3v) is 6.23. The van der Waals surface area contributed by atoms with Crippen LogP contribution in [0.4, 0.5) is 5.69 Å². The molecule has 148 valence electrons. The zero-order valence-electron chi connectivity index (χ0n) is 16.2. The number of anilines is 1. The molecule has 2 aliphatic rings. The van der Waals surface area contributed by atoms with Crippen molar-refractivity contribution in [3.8, 4) is 0 Å². The van der Waals surface area contributed by atoms with Gasteiger partial charge in [0.1, 0.15) is 5.02 Å². The standard InChI is InChI=1S/C20H30ClN5O/c1-14-3-4-17(9-14)15(2)10-16(11-22)13-25-5-7-26(8-6-25)18-12-23-24-20(27)19(18)21/h10-12,14,17H,3-9,13,22H2,1-2H3,(H,24,27)/b15-10-,16-11+/t14-,17?/m1/s1. The molecule has 2 heterocycles. The molecule has 1 unspecified atom stereocenters. The summed E-state index contributed by atoms with van der Waals surface area (Å²) in [6, 6.07) is 0. The summed E-state index contributed by atoms with van der Waals surface area (Å²) in [5.74, 6) is 1.54. The van der Waals surface area contributed by atoms with E-state index in [0.29, 0.717) is 11.6 Å². The number of piperazine rings is 1.